The van der Waals surface area contributed by atoms with Gasteiger partial charge < -0.3 is 23.7 Å². The van der Waals surface area contributed by atoms with E-state index in [0.29, 0.717) is 26.4 Å². The van der Waals surface area contributed by atoms with Crippen LogP contribution in [-0.4, -0.2) is 42.9 Å². The highest BCUT2D eigenvalue weighted by Gasteiger charge is 2.50. The Hall–Kier alpha value is -3.91. The fourth-order valence-electron chi connectivity index (χ4n) is 5.28. The number of rotatable bonds is 15. The lowest BCUT2D eigenvalue weighted by atomic mass is 9.91. The zero-order valence-corrected chi connectivity index (χ0v) is 25.1. The first-order chi connectivity index (χ1) is 21.7. The summed E-state index contributed by atoms with van der Waals surface area (Å²) in [6.45, 7) is 3.39. The normalized spacial score (nSPS) is 21.8. The van der Waals surface area contributed by atoms with Gasteiger partial charge in [0.05, 0.1) is 33.0 Å². The van der Waals surface area contributed by atoms with Gasteiger partial charge in [-0.2, -0.15) is 0 Å². The van der Waals surface area contributed by atoms with Crippen molar-refractivity contribution < 1.29 is 28.5 Å². The third-order valence-corrected chi connectivity index (χ3v) is 7.49. The maximum atomic E-state index is 13.5. The van der Waals surface area contributed by atoms with Gasteiger partial charge in [0.1, 0.15) is 30.5 Å². The molecule has 0 aliphatic carbocycles. The molecule has 1 heterocycles. The van der Waals surface area contributed by atoms with E-state index >= 15 is 0 Å². The molecule has 1 aliphatic heterocycles. The van der Waals surface area contributed by atoms with Crippen molar-refractivity contribution in [2.75, 3.05) is 6.61 Å². The lowest BCUT2D eigenvalue weighted by molar-refractivity contribution is -0.266. The quantitative estimate of drug-likeness (QED) is 0.140. The molecule has 1 fully saturated rings. The van der Waals surface area contributed by atoms with E-state index in [1.54, 1.807) is 6.08 Å². The maximum Gasteiger partial charge on any atom is 0.186 e. The zero-order chi connectivity index (χ0) is 30.4. The summed E-state index contributed by atoms with van der Waals surface area (Å²) in [6.07, 6.45) is -0.167. The number of hydrogen-bond acceptors (Lipinski definition) is 6. The van der Waals surface area contributed by atoms with Crippen molar-refractivity contribution in [1.29, 1.82) is 0 Å². The van der Waals surface area contributed by atoms with Crippen molar-refractivity contribution in [2.45, 2.75) is 63.9 Å². The van der Waals surface area contributed by atoms with Crippen LogP contribution in [0.15, 0.2) is 133 Å². The van der Waals surface area contributed by atoms with Gasteiger partial charge >= 0.3 is 0 Å². The highest BCUT2D eigenvalue weighted by Crippen LogP contribution is 2.31. The lowest BCUT2D eigenvalue weighted by Gasteiger charge is -2.45. The largest absolute Gasteiger partial charge is 0.374 e. The van der Waals surface area contributed by atoms with Gasteiger partial charge in [-0.25, -0.2) is 0 Å². The van der Waals surface area contributed by atoms with E-state index in [0.717, 1.165) is 22.3 Å². The van der Waals surface area contributed by atoms with Gasteiger partial charge in [0.2, 0.25) is 0 Å². The number of ketones is 1. The fourth-order valence-corrected chi connectivity index (χ4v) is 5.28. The number of carbonyl (C=O) groups is 1. The van der Waals surface area contributed by atoms with Crippen molar-refractivity contribution in [2.24, 2.45) is 0 Å². The molecule has 0 bridgehead atoms. The lowest BCUT2D eigenvalue weighted by Crippen LogP contribution is -2.62. The first kappa shape index (κ1) is 31.5. The smallest absolute Gasteiger partial charge is 0.186 e. The van der Waals surface area contributed by atoms with E-state index in [4.69, 9.17) is 23.7 Å². The van der Waals surface area contributed by atoms with E-state index < -0.39 is 30.5 Å². The minimum atomic E-state index is -0.905. The summed E-state index contributed by atoms with van der Waals surface area (Å²) in [5, 5.41) is 0. The number of allylic oxidation sites excluding steroid dienone is 1. The van der Waals surface area contributed by atoms with E-state index in [2.05, 4.69) is 0 Å². The third-order valence-electron chi connectivity index (χ3n) is 7.49. The van der Waals surface area contributed by atoms with Crippen LogP contribution < -0.4 is 0 Å². The molecule has 228 valence electrons. The van der Waals surface area contributed by atoms with Gasteiger partial charge in [-0.05, 0) is 35.3 Å². The monoisotopic (exact) mass is 592 g/mol. The Balaban J connectivity index is 1.45. The van der Waals surface area contributed by atoms with Crippen molar-refractivity contribution in [1.82, 2.24) is 0 Å². The van der Waals surface area contributed by atoms with E-state index in [-0.39, 0.29) is 12.4 Å². The Morgan fingerprint density at radius 2 is 1.00 bits per heavy atom. The van der Waals surface area contributed by atoms with Crippen LogP contribution in [0.4, 0.5) is 0 Å². The molecule has 6 heteroatoms. The van der Waals surface area contributed by atoms with Gasteiger partial charge in [-0.15, -0.1) is 0 Å². The predicted molar refractivity (Wildman–Crippen MR) is 170 cm³/mol. The number of ether oxygens (including phenoxy) is 5. The summed E-state index contributed by atoms with van der Waals surface area (Å²) in [7, 11) is 0. The molecule has 1 saturated heterocycles. The second-order valence-corrected chi connectivity index (χ2v) is 10.8. The summed E-state index contributed by atoms with van der Waals surface area (Å²) in [5.74, 6) is -0.187. The highest BCUT2D eigenvalue weighted by atomic mass is 16.6. The summed E-state index contributed by atoms with van der Waals surface area (Å²) in [6, 6.07) is 39.8. The van der Waals surface area contributed by atoms with Crippen LogP contribution >= 0.6 is 0 Å². The summed E-state index contributed by atoms with van der Waals surface area (Å²) < 4.78 is 32.6. The molecule has 4 aromatic carbocycles. The Kier molecular flexibility index (Phi) is 12.0. The summed E-state index contributed by atoms with van der Waals surface area (Å²) >= 11 is 0. The molecule has 4 aromatic rings. The second-order valence-electron chi connectivity index (χ2n) is 10.8. The molecule has 6 nitrogen and oxygen atoms in total. The predicted octanol–water partition coefficient (Wildman–Crippen LogP) is 6.87. The molecule has 0 unspecified atom stereocenters. The van der Waals surface area contributed by atoms with E-state index in [1.165, 1.54) is 6.08 Å². The van der Waals surface area contributed by atoms with Crippen LogP contribution in [-0.2, 0) is 54.9 Å². The average molecular weight is 593 g/mol. The van der Waals surface area contributed by atoms with Gasteiger partial charge in [0.15, 0.2) is 5.78 Å². The molecule has 0 radical (unpaired) electrons. The van der Waals surface area contributed by atoms with E-state index in [1.807, 2.05) is 128 Å². The molecule has 5 atom stereocenters. The Labute approximate surface area is 260 Å². The van der Waals surface area contributed by atoms with Crippen LogP contribution in [0, 0.1) is 0 Å². The molecule has 44 heavy (non-hydrogen) atoms. The average Bonchev–Trinajstić information content (AvgIpc) is 3.08. The Morgan fingerprint density at radius 1 is 0.591 bits per heavy atom. The van der Waals surface area contributed by atoms with Crippen molar-refractivity contribution >= 4 is 5.78 Å². The molecule has 0 N–H and O–H groups in total. The Morgan fingerprint density at radius 3 is 1.45 bits per heavy atom. The zero-order valence-electron chi connectivity index (χ0n) is 25.1. The van der Waals surface area contributed by atoms with E-state index in [9.17, 15) is 4.79 Å². The SMILES string of the molecule is C/C=C/C(=O)[C@@H]1O[C@H](COCc2ccccc2)[C@@H](OCc2ccccc2)[C@H](OCc2ccccc2)[C@@H]1OCc1ccccc1. The molecule has 1 aliphatic rings. The standard InChI is InChI=1S/C38H40O6/c1-2-15-33(39)35-37(42-26-31-20-11-5-12-21-31)38(43-27-32-22-13-6-14-23-32)36(41-25-30-18-9-4-10-19-30)34(44-35)28-40-24-29-16-7-3-8-17-29/h2-23,34-38H,24-28H2,1H3/b15-2+/t34-,35+,36-,37-,38+/m1/s1. The summed E-state index contributed by atoms with van der Waals surface area (Å²) in [4.78, 5) is 13.5. The maximum absolute atomic E-state index is 13.5. The van der Waals surface area contributed by atoms with Crippen molar-refractivity contribution in [3.05, 3.63) is 156 Å². The van der Waals surface area contributed by atoms with Crippen LogP contribution in [0.3, 0.4) is 0 Å². The molecular weight excluding hydrogens is 552 g/mol. The third kappa shape index (κ3) is 9.05. The van der Waals surface area contributed by atoms with Crippen LogP contribution in [0.1, 0.15) is 29.2 Å². The molecular formula is C38H40O6. The topological polar surface area (TPSA) is 63.2 Å². The van der Waals surface area contributed by atoms with Crippen molar-refractivity contribution in [3.63, 3.8) is 0 Å². The number of carbonyl (C=O) groups excluding carboxylic acids is 1. The first-order valence-electron chi connectivity index (χ1n) is 15.1. The minimum Gasteiger partial charge on any atom is -0.374 e. The fraction of sp³-hybridized carbons (Fsp3) is 0.289. The van der Waals surface area contributed by atoms with Gasteiger partial charge in [0.25, 0.3) is 0 Å². The molecule has 0 amide bonds. The number of hydrogen-bond donors (Lipinski definition) is 0. The first-order valence-corrected chi connectivity index (χ1v) is 15.1. The minimum absolute atomic E-state index is 0.187. The molecule has 0 saturated carbocycles. The highest BCUT2D eigenvalue weighted by molar-refractivity contribution is 5.94. The second kappa shape index (κ2) is 16.8. The van der Waals surface area contributed by atoms with Crippen molar-refractivity contribution in [3.8, 4) is 0 Å². The van der Waals surface area contributed by atoms with Gasteiger partial charge in [-0.3, -0.25) is 4.79 Å². The van der Waals surface area contributed by atoms with Crippen LogP contribution in [0.2, 0.25) is 0 Å². The molecule has 0 aromatic heterocycles. The van der Waals surface area contributed by atoms with Crippen LogP contribution in [0.5, 0.6) is 0 Å². The van der Waals surface area contributed by atoms with Gasteiger partial charge in [0, 0.05) is 0 Å². The summed E-state index contributed by atoms with van der Waals surface area (Å²) in [5.41, 5.74) is 4.07. The Bertz CT molecular complexity index is 1410. The van der Waals surface area contributed by atoms with Crippen LogP contribution in [0.25, 0.3) is 0 Å². The molecule has 5 rings (SSSR count). The molecule has 0 spiro atoms. The number of benzene rings is 4. The van der Waals surface area contributed by atoms with Gasteiger partial charge in [-0.1, -0.05) is 127 Å².